The Morgan fingerprint density at radius 3 is 2.17 bits per heavy atom. The minimum atomic E-state index is 0.331. The molecule has 0 nitrogen and oxygen atoms in total. The van der Waals surface area contributed by atoms with E-state index < -0.39 is 0 Å². The van der Waals surface area contributed by atoms with Gasteiger partial charge in [0.2, 0.25) is 0 Å². The molecule has 0 bridgehead atoms. The van der Waals surface area contributed by atoms with E-state index in [0.717, 1.165) is 5.33 Å². The summed E-state index contributed by atoms with van der Waals surface area (Å²) in [5.41, 5.74) is 0. The third-order valence-corrected chi connectivity index (χ3v) is 2.69. The van der Waals surface area contributed by atoms with Gasteiger partial charge in [0, 0.05) is 10.2 Å². The normalized spacial score (nSPS) is 14.5. The Labute approximate surface area is 55.6 Å². The molecule has 0 rings (SSSR count). The monoisotopic (exact) mass is 211 g/mol. The maximum absolute atomic E-state index is 6.73. The van der Waals surface area contributed by atoms with Crippen molar-refractivity contribution in [3.8, 4) is 0 Å². The van der Waals surface area contributed by atoms with Crippen LogP contribution in [-0.4, -0.2) is 10.2 Å². The highest BCUT2D eigenvalue weighted by atomic mass is 79.9. The minimum absolute atomic E-state index is 0.331. The molecular formula is C4H5Br2. The van der Waals surface area contributed by atoms with Crippen molar-refractivity contribution in [2.45, 2.75) is 11.2 Å². The van der Waals surface area contributed by atoms with Crippen LogP contribution in [0, 0.1) is 6.92 Å². The van der Waals surface area contributed by atoms with E-state index in [1.54, 1.807) is 0 Å². The molecule has 0 spiro atoms. The first kappa shape index (κ1) is 6.96. The third kappa shape index (κ3) is 3.16. The average molecular weight is 213 g/mol. The summed E-state index contributed by atoms with van der Waals surface area (Å²) in [5.74, 6) is 0. The molecule has 0 aliphatic heterocycles. The maximum Gasteiger partial charge on any atom is 0.0248 e. The summed E-state index contributed by atoms with van der Waals surface area (Å²) >= 11 is 6.45. The first-order valence-electron chi connectivity index (χ1n) is 1.66. The predicted molar refractivity (Wildman–Crippen MR) is 34.4 cm³/mol. The van der Waals surface area contributed by atoms with E-state index >= 15 is 0 Å². The summed E-state index contributed by atoms with van der Waals surface area (Å²) in [6, 6.07) is 0. The number of halogens is 2. The van der Waals surface area contributed by atoms with Crippen molar-refractivity contribution in [2.75, 3.05) is 5.33 Å². The van der Waals surface area contributed by atoms with Crippen LogP contribution >= 0.6 is 31.9 Å². The molecule has 1 unspecified atom stereocenters. The lowest BCUT2D eigenvalue weighted by Gasteiger charge is -1.94. The van der Waals surface area contributed by atoms with Gasteiger partial charge in [-0.3, -0.25) is 0 Å². The van der Waals surface area contributed by atoms with Gasteiger partial charge in [-0.25, -0.2) is 0 Å². The van der Waals surface area contributed by atoms with Crippen LogP contribution in [-0.2, 0) is 0 Å². The summed E-state index contributed by atoms with van der Waals surface area (Å²) in [7, 11) is 0. The molecule has 0 fully saturated rings. The second kappa shape index (κ2) is 4.13. The molecule has 3 radical (unpaired) electrons. The van der Waals surface area contributed by atoms with Gasteiger partial charge in [0.15, 0.2) is 0 Å². The van der Waals surface area contributed by atoms with Crippen LogP contribution in [0.3, 0.4) is 0 Å². The lowest BCUT2D eigenvalue weighted by Crippen LogP contribution is -1.93. The molecule has 2 heteroatoms. The second-order valence-electron chi connectivity index (χ2n) is 0.956. The van der Waals surface area contributed by atoms with Crippen LogP contribution in [0.25, 0.3) is 0 Å². The molecule has 0 heterocycles. The highest BCUT2D eigenvalue weighted by molar-refractivity contribution is 9.12. The lowest BCUT2D eigenvalue weighted by molar-refractivity contribution is 1.02. The maximum atomic E-state index is 6.73. The summed E-state index contributed by atoms with van der Waals surface area (Å²) in [6.07, 6.45) is 0.450. The van der Waals surface area contributed by atoms with Crippen molar-refractivity contribution in [3.05, 3.63) is 6.92 Å². The van der Waals surface area contributed by atoms with Gasteiger partial charge >= 0.3 is 0 Å². The van der Waals surface area contributed by atoms with Crippen LogP contribution in [0.15, 0.2) is 0 Å². The first-order chi connectivity index (χ1) is 2.81. The Kier molecular flexibility index (Phi) is 4.79. The zero-order valence-corrected chi connectivity index (χ0v) is 6.42. The zero-order chi connectivity index (χ0) is 4.99. The molecule has 0 amide bonds. The van der Waals surface area contributed by atoms with E-state index in [1.807, 2.05) is 0 Å². The van der Waals surface area contributed by atoms with Crippen molar-refractivity contribution in [1.82, 2.24) is 0 Å². The average Bonchev–Trinajstić information content (AvgIpc) is 1.65. The van der Waals surface area contributed by atoms with Crippen molar-refractivity contribution >= 4 is 31.9 Å². The molecule has 1 atom stereocenters. The predicted octanol–water partition coefficient (Wildman–Crippen LogP) is 2.12. The van der Waals surface area contributed by atoms with Crippen molar-refractivity contribution in [2.24, 2.45) is 0 Å². The molecule has 0 aliphatic rings. The minimum Gasteiger partial charge on any atom is -0.0916 e. The number of rotatable bonds is 2. The quantitative estimate of drug-likeness (QED) is 0.616. The smallest absolute Gasteiger partial charge is 0.0248 e. The summed E-state index contributed by atoms with van der Waals surface area (Å²) in [4.78, 5) is 0.331. The van der Waals surface area contributed by atoms with Gasteiger partial charge in [0.05, 0.1) is 0 Å². The van der Waals surface area contributed by atoms with E-state index in [2.05, 4.69) is 31.9 Å². The highest BCUT2D eigenvalue weighted by Gasteiger charge is 1.93. The molecule has 6 heavy (non-hydrogen) atoms. The Bertz CT molecular complexity index is 24.7. The van der Waals surface area contributed by atoms with Gasteiger partial charge in [0.1, 0.15) is 0 Å². The lowest BCUT2D eigenvalue weighted by atomic mass is 10.4. The summed E-state index contributed by atoms with van der Waals surface area (Å²) < 4.78 is 0. The van der Waals surface area contributed by atoms with Gasteiger partial charge in [-0.1, -0.05) is 31.9 Å². The highest BCUT2D eigenvalue weighted by Crippen LogP contribution is 2.05. The van der Waals surface area contributed by atoms with E-state index in [1.165, 1.54) is 0 Å². The standard InChI is InChI=1S/C4H5Br2/c1-2-4(6)3-5/h4H,2-3H2. The van der Waals surface area contributed by atoms with Gasteiger partial charge in [-0.2, -0.15) is 0 Å². The van der Waals surface area contributed by atoms with E-state index in [-0.39, 0.29) is 0 Å². The molecule has 0 saturated carbocycles. The summed E-state index contributed by atoms with van der Waals surface area (Å²) in [6.45, 7) is 6.73. The fourth-order valence-electron chi connectivity index (χ4n) is 0.0546. The van der Waals surface area contributed by atoms with Crippen molar-refractivity contribution < 1.29 is 0 Å². The van der Waals surface area contributed by atoms with Gasteiger partial charge in [-0.15, -0.1) is 0 Å². The van der Waals surface area contributed by atoms with Gasteiger partial charge in [0.25, 0.3) is 0 Å². The third-order valence-electron chi connectivity index (χ3n) is 0.389. The summed E-state index contributed by atoms with van der Waals surface area (Å²) in [5, 5.41) is 0.872. The Morgan fingerprint density at radius 2 is 2.17 bits per heavy atom. The van der Waals surface area contributed by atoms with E-state index in [0.29, 0.717) is 11.2 Å². The first-order valence-corrected chi connectivity index (χ1v) is 3.69. The molecule has 0 aromatic heterocycles. The Morgan fingerprint density at radius 1 is 1.67 bits per heavy atom. The molecule has 0 aromatic carbocycles. The topological polar surface area (TPSA) is 0 Å². The molecule has 0 aliphatic carbocycles. The fourth-order valence-corrected chi connectivity index (χ4v) is 0.283. The largest absolute Gasteiger partial charge is 0.0916 e. The number of alkyl halides is 2. The molecule has 35 valence electrons. The molecule has 0 aromatic rings. The Balaban J connectivity index is 2.75. The van der Waals surface area contributed by atoms with Crippen LogP contribution in [0.4, 0.5) is 0 Å². The molecular weight excluding hydrogens is 208 g/mol. The number of hydrogen-bond donors (Lipinski definition) is 0. The molecule has 0 saturated heterocycles. The van der Waals surface area contributed by atoms with E-state index in [4.69, 9.17) is 6.92 Å². The van der Waals surface area contributed by atoms with Crippen molar-refractivity contribution in [1.29, 1.82) is 0 Å². The fraction of sp³-hybridized carbons (Fsp3) is 0.750. The molecule has 0 N–H and O–H groups in total. The number of hydrogen-bond acceptors (Lipinski definition) is 0. The van der Waals surface area contributed by atoms with Crippen LogP contribution < -0.4 is 0 Å². The van der Waals surface area contributed by atoms with Crippen molar-refractivity contribution in [3.63, 3.8) is 0 Å². The van der Waals surface area contributed by atoms with Crippen LogP contribution in [0.1, 0.15) is 6.42 Å². The second-order valence-corrected chi connectivity index (χ2v) is 2.90. The van der Waals surface area contributed by atoms with Gasteiger partial charge < -0.3 is 0 Å². The van der Waals surface area contributed by atoms with Crippen LogP contribution in [0.2, 0.25) is 0 Å². The SMILES string of the molecule is [C]CC(Br)CBr. The van der Waals surface area contributed by atoms with E-state index in [9.17, 15) is 0 Å². The Hall–Kier alpha value is 0.960. The zero-order valence-electron chi connectivity index (χ0n) is 3.25. The van der Waals surface area contributed by atoms with Gasteiger partial charge in [-0.05, 0) is 13.3 Å². The van der Waals surface area contributed by atoms with Crippen LogP contribution in [0.5, 0.6) is 0 Å².